The normalized spacial score (nSPS) is 10.4. The van der Waals surface area contributed by atoms with Crippen LogP contribution in [0.5, 0.6) is 0 Å². The number of aromatic nitrogens is 3. The summed E-state index contributed by atoms with van der Waals surface area (Å²) in [5.74, 6) is -1.32. The van der Waals surface area contributed by atoms with Crippen molar-refractivity contribution in [2.45, 2.75) is 13.5 Å². The largest absolute Gasteiger partial charge is 0.326 e. The van der Waals surface area contributed by atoms with Crippen molar-refractivity contribution < 1.29 is 14.0 Å². The van der Waals surface area contributed by atoms with Crippen molar-refractivity contribution in [1.82, 2.24) is 14.8 Å². The van der Waals surface area contributed by atoms with Gasteiger partial charge in [-0.05, 0) is 35.9 Å². The Morgan fingerprint density at radius 2 is 1.88 bits per heavy atom. The average Bonchev–Trinajstić information content (AvgIpc) is 3.11. The molecule has 0 fully saturated rings. The van der Waals surface area contributed by atoms with E-state index >= 15 is 0 Å². The number of rotatable bonds is 5. The van der Waals surface area contributed by atoms with Gasteiger partial charge in [-0.3, -0.25) is 9.59 Å². The SMILES string of the molecule is CC(=O)Nc1ccc(F)c(NC(=O)c2ccc(Cn3cncn3)cc2)c1. The maximum atomic E-state index is 13.9. The number of amides is 2. The highest BCUT2D eigenvalue weighted by molar-refractivity contribution is 6.04. The third kappa shape index (κ3) is 4.29. The molecule has 0 spiro atoms. The Morgan fingerprint density at radius 1 is 1.12 bits per heavy atom. The lowest BCUT2D eigenvalue weighted by molar-refractivity contribution is -0.114. The second-order valence-electron chi connectivity index (χ2n) is 5.62. The van der Waals surface area contributed by atoms with E-state index in [9.17, 15) is 14.0 Å². The van der Waals surface area contributed by atoms with E-state index in [1.54, 1.807) is 35.3 Å². The van der Waals surface area contributed by atoms with Crippen LogP contribution in [0.1, 0.15) is 22.8 Å². The molecule has 0 saturated heterocycles. The molecule has 8 heteroatoms. The first-order chi connectivity index (χ1) is 12.5. The van der Waals surface area contributed by atoms with Gasteiger partial charge in [-0.15, -0.1) is 0 Å². The number of anilines is 2. The third-order valence-electron chi connectivity index (χ3n) is 3.56. The van der Waals surface area contributed by atoms with Gasteiger partial charge in [-0.25, -0.2) is 14.1 Å². The molecule has 0 aliphatic rings. The maximum absolute atomic E-state index is 13.9. The summed E-state index contributed by atoms with van der Waals surface area (Å²) in [6.07, 6.45) is 3.05. The molecule has 1 heterocycles. The molecule has 2 amide bonds. The highest BCUT2D eigenvalue weighted by Crippen LogP contribution is 2.20. The van der Waals surface area contributed by atoms with Crippen LogP contribution in [0.2, 0.25) is 0 Å². The Labute approximate surface area is 148 Å². The number of carbonyl (C=O) groups excluding carboxylic acids is 2. The second kappa shape index (κ2) is 7.56. The topological polar surface area (TPSA) is 88.9 Å². The zero-order valence-electron chi connectivity index (χ0n) is 13.9. The minimum absolute atomic E-state index is 0.00654. The molecule has 0 aliphatic heterocycles. The van der Waals surface area contributed by atoms with E-state index in [4.69, 9.17) is 0 Å². The smallest absolute Gasteiger partial charge is 0.255 e. The monoisotopic (exact) mass is 353 g/mol. The highest BCUT2D eigenvalue weighted by atomic mass is 19.1. The molecule has 0 radical (unpaired) electrons. The van der Waals surface area contributed by atoms with E-state index in [2.05, 4.69) is 20.7 Å². The first-order valence-corrected chi connectivity index (χ1v) is 7.81. The van der Waals surface area contributed by atoms with Crippen LogP contribution in [-0.4, -0.2) is 26.6 Å². The molecular weight excluding hydrogens is 337 g/mol. The molecule has 0 aliphatic carbocycles. The Balaban J connectivity index is 1.70. The van der Waals surface area contributed by atoms with Gasteiger partial charge in [0.25, 0.3) is 5.91 Å². The third-order valence-corrected chi connectivity index (χ3v) is 3.56. The van der Waals surface area contributed by atoms with Crippen molar-refractivity contribution in [1.29, 1.82) is 0 Å². The molecule has 0 unspecified atom stereocenters. The van der Waals surface area contributed by atoms with Gasteiger partial charge < -0.3 is 10.6 Å². The number of benzene rings is 2. The van der Waals surface area contributed by atoms with Crippen molar-refractivity contribution in [3.05, 3.63) is 72.1 Å². The molecule has 2 N–H and O–H groups in total. The summed E-state index contributed by atoms with van der Waals surface area (Å²) < 4.78 is 15.6. The zero-order chi connectivity index (χ0) is 18.5. The molecule has 2 aromatic carbocycles. The van der Waals surface area contributed by atoms with Crippen molar-refractivity contribution >= 4 is 23.2 Å². The van der Waals surface area contributed by atoms with Crippen molar-refractivity contribution in [3.63, 3.8) is 0 Å². The summed E-state index contributed by atoms with van der Waals surface area (Å²) in [6.45, 7) is 1.89. The van der Waals surface area contributed by atoms with Crippen molar-refractivity contribution in [2.75, 3.05) is 10.6 Å². The lowest BCUT2D eigenvalue weighted by atomic mass is 10.1. The van der Waals surface area contributed by atoms with Gasteiger partial charge in [0, 0.05) is 18.2 Å². The van der Waals surface area contributed by atoms with Gasteiger partial charge in [0.15, 0.2) is 0 Å². The first-order valence-electron chi connectivity index (χ1n) is 7.81. The van der Waals surface area contributed by atoms with Crippen LogP contribution in [0.3, 0.4) is 0 Å². The fourth-order valence-electron chi connectivity index (χ4n) is 2.36. The van der Waals surface area contributed by atoms with E-state index in [-0.39, 0.29) is 11.6 Å². The van der Waals surface area contributed by atoms with Crippen LogP contribution in [-0.2, 0) is 11.3 Å². The van der Waals surface area contributed by atoms with Gasteiger partial charge in [-0.1, -0.05) is 12.1 Å². The zero-order valence-corrected chi connectivity index (χ0v) is 13.9. The molecule has 3 aromatic rings. The molecule has 0 atom stereocenters. The summed E-state index contributed by atoms with van der Waals surface area (Å²) in [5, 5.41) is 9.07. The van der Waals surface area contributed by atoms with E-state index in [1.807, 2.05) is 0 Å². The summed E-state index contributed by atoms with van der Waals surface area (Å²) in [4.78, 5) is 27.3. The van der Waals surface area contributed by atoms with E-state index in [1.165, 1.54) is 31.5 Å². The number of nitrogens with one attached hydrogen (secondary N) is 2. The summed E-state index contributed by atoms with van der Waals surface area (Å²) in [5.41, 5.74) is 1.73. The van der Waals surface area contributed by atoms with Gasteiger partial charge in [0.1, 0.15) is 18.5 Å². The molecule has 7 nitrogen and oxygen atoms in total. The number of hydrogen-bond donors (Lipinski definition) is 2. The van der Waals surface area contributed by atoms with Gasteiger partial charge in [-0.2, -0.15) is 5.10 Å². The van der Waals surface area contributed by atoms with Gasteiger partial charge in [0.05, 0.1) is 12.2 Å². The van der Waals surface area contributed by atoms with Crippen LogP contribution >= 0.6 is 0 Å². The van der Waals surface area contributed by atoms with Gasteiger partial charge in [0.2, 0.25) is 5.91 Å². The minimum atomic E-state index is -0.588. The summed E-state index contributed by atoms with van der Waals surface area (Å²) in [6, 6.07) is 10.9. The molecule has 132 valence electrons. The molecule has 3 rings (SSSR count). The number of halogens is 1. The van der Waals surface area contributed by atoms with Crippen LogP contribution in [0, 0.1) is 5.82 Å². The number of nitrogens with zero attached hydrogens (tertiary/aromatic N) is 3. The lowest BCUT2D eigenvalue weighted by Gasteiger charge is -2.10. The number of hydrogen-bond acceptors (Lipinski definition) is 4. The van der Waals surface area contributed by atoms with Crippen molar-refractivity contribution in [2.24, 2.45) is 0 Å². The molecule has 1 aromatic heterocycles. The fraction of sp³-hybridized carbons (Fsp3) is 0.111. The highest BCUT2D eigenvalue weighted by Gasteiger charge is 2.11. The van der Waals surface area contributed by atoms with Crippen LogP contribution in [0.4, 0.5) is 15.8 Å². The Morgan fingerprint density at radius 3 is 2.54 bits per heavy atom. The minimum Gasteiger partial charge on any atom is -0.326 e. The van der Waals surface area contributed by atoms with E-state index in [0.29, 0.717) is 17.8 Å². The predicted octanol–water partition coefficient (Wildman–Crippen LogP) is 2.68. The molecule has 0 saturated carbocycles. The molecule has 0 bridgehead atoms. The Kier molecular flexibility index (Phi) is 5.02. The Bertz CT molecular complexity index is 923. The van der Waals surface area contributed by atoms with Crippen LogP contribution < -0.4 is 10.6 Å². The Hall–Kier alpha value is -3.55. The van der Waals surface area contributed by atoms with Crippen molar-refractivity contribution in [3.8, 4) is 0 Å². The summed E-state index contributed by atoms with van der Waals surface area (Å²) in [7, 11) is 0. The number of carbonyl (C=O) groups is 2. The van der Waals surface area contributed by atoms with E-state index in [0.717, 1.165) is 5.56 Å². The lowest BCUT2D eigenvalue weighted by Crippen LogP contribution is -2.14. The fourth-order valence-corrected chi connectivity index (χ4v) is 2.36. The van der Waals surface area contributed by atoms with E-state index < -0.39 is 11.7 Å². The standard InChI is InChI=1S/C18H16FN5O2/c1-12(25)22-15-6-7-16(19)17(8-15)23-18(26)14-4-2-13(3-5-14)9-24-11-20-10-21-24/h2-8,10-11H,9H2,1H3,(H,22,25)(H,23,26). The average molecular weight is 353 g/mol. The van der Waals surface area contributed by atoms with Gasteiger partial charge >= 0.3 is 0 Å². The second-order valence-corrected chi connectivity index (χ2v) is 5.62. The predicted molar refractivity (Wildman–Crippen MR) is 94.2 cm³/mol. The van der Waals surface area contributed by atoms with Crippen LogP contribution in [0.25, 0.3) is 0 Å². The first kappa shape index (κ1) is 17.3. The maximum Gasteiger partial charge on any atom is 0.255 e. The molecular formula is C18H16FN5O2. The quantitative estimate of drug-likeness (QED) is 0.738. The molecule has 26 heavy (non-hydrogen) atoms. The summed E-state index contributed by atoms with van der Waals surface area (Å²) >= 11 is 0. The van der Waals surface area contributed by atoms with Crippen LogP contribution in [0.15, 0.2) is 55.1 Å².